The standard InChI is InChI=1S/C11H12N2/c1-10-12-7-8-13(10)9-11-5-3-2-4-6-11/h2-8H,9H2,1H3/p+1. The molecule has 2 nitrogen and oxygen atoms in total. The van der Waals surface area contributed by atoms with Crippen molar-refractivity contribution in [1.29, 1.82) is 0 Å². The lowest BCUT2D eigenvalue weighted by Gasteiger charge is -1.97. The monoisotopic (exact) mass is 173 g/mol. The molecule has 66 valence electrons. The molecule has 13 heavy (non-hydrogen) atoms. The Labute approximate surface area is 77.9 Å². The quantitative estimate of drug-likeness (QED) is 0.666. The van der Waals surface area contributed by atoms with Crippen LogP contribution in [0.1, 0.15) is 11.4 Å². The third kappa shape index (κ3) is 1.78. The second-order valence-corrected chi connectivity index (χ2v) is 3.16. The highest BCUT2D eigenvalue weighted by Crippen LogP contribution is 1.97. The van der Waals surface area contributed by atoms with E-state index in [0.717, 1.165) is 6.54 Å². The molecule has 0 aliphatic rings. The molecule has 2 rings (SSSR count). The van der Waals surface area contributed by atoms with E-state index in [1.54, 1.807) is 0 Å². The number of aromatic nitrogens is 2. The van der Waals surface area contributed by atoms with Crippen LogP contribution in [-0.2, 0) is 6.54 Å². The van der Waals surface area contributed by atoms with E-state index in [1.807, 2.05) is 12.3 Å². The van der Waals surface area contributed by atoms with Crippen molar-refractivity contribution in [3.8, 4) is 0 Å². The smallest absolute Gasteiger partial charge is 0.248 e. The number of imidazole rings is 1. The summed E-state index contributed by atoms with van der Waals surface area (Å²) in [5.41, 5.74) is 1.33. The molecule has 1 heterocycles. The molecule has 1 aromatic heterocycles. The Bertz CT molecular complexity index is 376. The van der Waals surface area contributed by atoms with Gasteiger partial charge in [0.2, 0.25) is 0 Å². The van der Waals surface area contributed by atoms with Crippen molar-refractivity contribution in [2.75, 3.05) is 0 Å². The Morgan fingerprint density at radius 3 is 2.62 bits per heavy atom. The first-order valence-electron chi connectivity index (χ1n) is 4.43. The molecule has 0 spiro atoms. The van der Waals surface area contributed by atoms with E-state index in [2.05, 4.69) is 46.9 Å². The number of H-pyrrole nitrogens is 1. The van der Waals surface area contributed by atoms with Crippen LogP contribution in [-0.4, -0.2) is 4.98 Å². The first kappa shape index (κ1) is 8.05. The number of rotatable bonds is 2. The minimum absolute atomic E-state index is 0.941. The maximum atomic E-state index is 3.15. The number of aryl methyl sites for hydroxylation is 1. The molecular weight excluding hydrogens is 160 g/mol. The van der Waals surface area contributed by atoms with E-state index < -0.39 is 0 Å². The van der Waals surface area contributed by atoms with Crippen molar-refractivity contribution >= 4 is 0 Å². The van der Waals surface area contributed by atoms with E-state index in [-0.39, 0.29) is 0 Å². The molecule has 0 fully saturated rings. The van der Waals surface area contributed by atoms with Gasteiger partial charge in [0.1, 0.15) is 18.9 Å². The first-order valence-corrected chi connectivity index (χ1v) is 4.43. The Morgan fingerprint density at radius 2 is 2.00 bits per heavy atom. The van der Waals surface area contributed by atoms with Crippen LogP contribution in [0.4, 0.5) is 0 Å². The van der Waals surface area contributed by atoms with Crippen molar-refractivity contribution in [2.24, 2.45) is 0 Å². The predicted octanol–water partition coefficient (Wildman–Crippen LogP) is 1.66. The van der Waals surface area contributed by atoms with Gasteiger partial charge in [-0.3, -0.25) is 0 Å². The van der Waals surface area contributed by atoms with Crippen LogP contribution in [0.2, 0.25) is 0 Å². The zero-order valence-electron chi connectivity index (χ0n) is 7.70. The largest absolute Gasteiger partial charge is 0.251 e. The lowest BCUT2D eigenvalue weighted by atomic mass is 10.2. The molecule has 2 aromatic rings. The van der Waals surface area contributed by atoms with Gasteiger partial charge in [-0.2, -0.15) is 0 Å². The Kier molecular flexibility index (Phi) is 2.13. The van der Waals surface area contributed by atoms with Gasteiger partial charge < -0.3 is 0 Å². The van der Waals surface area contributed by atoms with Crippen molar-refractivity contribution in [3.05, 3.63) is 54.1 Å². The highest BCUT2D eigenvalue weighted by atomic mass is 15.0. The second-order valence-electron chi connectivity index (χ2n) is 3.16. The highest BCUT2D eigenvalue weighted by Gasteiger charge is 2.03. The molecule has 0 radical (unpaired) electrons. The summed E-state index contributed by atoms with van der Waals surface area (Å²) in [4.78, 5) is 3.15. The van der Waals surface area contributed by atoms with Crippen LogP contribution in [0.15, 0.2) is 42.7 Å². The van der Waals surface area contributed by atoms with E-state index in [0.29, 0.717) is 0 Å². The third-order valence-electron chi connectivity index (χ3n) is 2.17. The van der Waals surface area contributed by atoms with Crippen molar-refractivity contribution in [2.45, 2.75) is 13.5 Å². The molecule has 2 heteroatoms. The summed E-state index contributed by atoms with van der Waals surface area (Å²) in [6.45, 7) is 3.01. The molecule has 0 saturated carbocycles. The van der Waals surface area contributed by atoms with Gasteiger partial charge >= 0.3 is 0 Å². The Balaban J connectivity index is 2.20. The summed E-state index contributed by atoms with van der Waals surface area (Å²) < 4.78 is 2.19. The topological polar surface area (TPSA) is 19.7 Å². The minimum atomic E-state index is 0.941. The summed E-state index contributed by atoms with van der Waals surface area (Å²) in [6.07, 6.45) is 4.01. The molecule has 0 amide bonds. The van der Waals surface area contributed by atoms with Gasteiger partial charge in [-0.05, 0) is 5.56 Å². The summed E-state index contributed by atoms with van der Waals surface area (Å²) in [5, 5.41) is 0. The van der Waals surface area contributed by atoms with E-state index in [9.17, 15) is 0 Å². The van der Waals surface area contributed by atoms with Crippen LogP contribution < -0.4 is 4.57 Å². The minimum Gasteiger partial charge on any atom is -0.248 e. The van der Waals surface area contributed by atoms with Gasteiger partial charge in [0.25, 0.3) is 5.82 Å². The number of nitrogens with one attached hydrogen (secondary N) is 1. The van der Waals surface area contributed by atoms with Gasteiger partial charge in [0.15, 0.2) is 0 Å². The average molecular weight is 173 g/mol. The first-order chi connectivity index (χ1) is 6.36. The Morgan fingerprint density at radius 1 is 1.23 bits per heavy atom. The maximum absolute atomic E-state index is 3.15. The molecule has 0 aliphatic heterocycles. The van der Waals surface area contributed by atoms with E-state index in [1.165, 1.54) is 11.4 Å². The van der Waals surface area contributed by atoms with Crippen molar-refractivity contribution < 1.29 is 4.57 Å². The Hall–Kier alpha value is -1.57. The van der Waals surface area contributed by atoms with Gasteiger partial charge in [0.05, 0.1) is 0 Å². The lowest BCUT2D eigenvalue weighted by Crippen LogP contribution is -2.34. The molecule has 0 bridgehead atoms. The molecule has 0 saturated heterocycles. The average Bonchev–Trinajstić information content (AvgIpc) is 2.54. The number of aromatic amines is 1. The van der Waals surface area contributed by atoms with E-state index in [4.69, 9.17) is 0 Å². The lowest BCUT2D eigenvalue weighted by molar-refractivity contribution is -0.693. The fourth-order valence-electron chi connectivity index (χ4n) is 1.39. The fourth-order valence-corrected chi connectivity index (χ4v) is 1.39. The normalized spacial score (nSPS) is 10.2. The highest BCUT2D eigenvalue weighted by molar-refractivity contribution is 5.13. The van der Waals surface area contributed by atoms with Gasteiger partial charge in [0, 0.05) is 6.92 Å². The van der Waals surface area contributed by atoms with Crippen LogP contribution in [0, 0.1) is 6.92 Å². The summed E-state index contributed by atoms with van der Waals surface area (Å²) in [7, 11) is 0. The number of hydrogen-bond donors (Lipinski definition) is 1. The molecule has 0 atom stereocenters. The zero-order valence-corrected chi connectivity index (χ0v) is 7.70. The second kappa shape index (κ2) is 3.44. The number of hydrogen-bond acceptors (Lipinski definition) is 0. The number of benzene rings is 1. The van der Waals surface area contributed by atoms with Gasteiger partial charge in [-0.25, -0.2) is 9.55 Å². The van der Waals surface area contributed by atoms with E-state index >= 15 is 0 Å². The van der Waals surface area contributed by atoms with Gasteiger partial charge in [-0.1, -0.05) is 30.3 Å². The van der Waals surface area contributed by atoms with Crippen LogP contribution >= 0.6 is 0 Å². The predicted molar refractivity (Wildman–Crippen MR) is 51.3 cm³/mol. The molecule has 1 N–H and O–H groups in total. The van der Waals surface area contributed by atoms with Crippen LogP contribution in [0.25, 0.3) is 0 Å². The van der Waals surface area contributed by atoms with Crippen LogP contribution in [0.3, 0.4) is 0 Å². The number of nitrogens with zero attached hydrogens (tertiary/aromatic N) is 1. The fraction of sp³-hybridized carbons (Fsp3) is 0.182. The zero-order chi connectivity index (χ0) is 9.10. The van der Waals surface area contributed by atoms with Gasteiger partial charge in [-0.15, -0.1) is 0 Å². The molecule has 0 unspecified atom stereocenters. The summed E-state index contributed by atoms with van der Waals surface area (Å²) in [5.74, 6) is 1.18. The summed E-state index contributed by atoms with van der Waals surface area (Å²) >= 11 is 0. The summed E-state index contributed by atoms with van der Waals surface area (Å²) in [6, 6.07) is 10.5. The SMILES string of the molecule is Cc1[nH]cc[n+]1Cc1ccccc1. The molecular formula is C11H13N2+. The molecule has 0 aliphatic carbocycles. The van der Waals surface area contributed by atoms with Crippen LogP contribution in [0.5, 0.6) is 0 Å². The molecule has 1 aromatic carbocycles. The van der Waals surface area contributed by atoms with Crippen molar-refractivity contribution in [1.82, 2.24) is 4.98 Å². The maximum Gasteiger partial charge on any atom is 0.251 e. The van der Waals surface area contributed by atoms with Crippen molar-refractivity contribution in [3.63, 3.8) is 0 Å². The third-order valence-corrected chi connectivity index (χ3v) is 2.17.